The van der Waals surface area contributed by atoms with Crippen LogP contribution in [0.4, 0.5) is 0 Å². The van der Waals surface area contributed by atoms with Gasteiger partial charge in [0, 0.05) is 5.39 Å². The van der Waals surface area contributed by atoms with Crippen LogP contribution >= 0.6 is 0 Å². The number of aryl methyl sites for hydroxylation is 2. The van der Waals surface area contributed by atoms with Gasteiger partial charge in [-0.1, -0.05) is 18.2 Å². The molecule has 0 saturated carbocycles. The first kappa shape index (κ1) is 14.2. The number of hydrogen-bond acceptors (Lipinski definition) is 4. The van der Waals surface area contributed by atoms with Crippen LogP contribution in [0.1, 0.15) is 35.5 Å². The number of carbonyl (C=O) groups is 2. The van der Waals surface area contributed by atoms with Crippen molar-refractivity contribution in [2.45, 2.75) is 33.8 Å². The summed E-state index contributed by atoms with van der Waals surface area (Å²) in [4.78, 5) is 27.9. The van der Waals surface area contributed by atoms with Crippen molar-refractivity contribution in [2.75, 3.05) is 0 Å². The Bertz CT molecular complexity index is 691. The van der Waals surface area contributed by atoms with Crippen LogP contribution in [0.3, 0.4) is 0 Å². The first-order valence-corrected chi connectivity index (χ1v) is 6.49. The average Bonchev–Trinajstić information content (AvgIpc) is 2.38. The molecule has 0 radical (unpaired) electrons. The predicted octanol–water partition coefficient (Wildman–Crippen LogP) is 2.99. The summed E-state index contributed by atoms with van der Waals surface area (Å²) < 4.78 is 5.18. The van der Waals surface area contributed by atoms with Crippen molar-refractivity contribution in [1.82, 2.24) is 4.98 Å². The summed E-state index contributed by atoms with van der Waals surface area (Å²) in [6.07, 6.45) is -0.743. The Morgan fingerprint density at radius 2 is 1.85 bits per heavy atom. The van der Waals surface area contributed by atoms with Gasteiger partial charge < -0.3 is 4.74 Å². The van der Waals surface area contributed by atoms with Gasteiger partial charge in [-0.25, -0.2) is 4.79 Å². The van der Waals surface area contributed by atoms with E-state index in [4.69, 9.17) is 4.74 Å². The molecule has 0 saturated heterocycles. The number of carbonyl (C=O) groups excluding carboxylic acids is 2. The number of ether oxygens (including phenoxy) is 1. The Kier molecular flexibility index (Phi) is 3.84. The fraction of sp³-hybridized carbons (Fsp3) is 0.312. The van der Waals surface area contributed by atoms with Gasteiger partial charge in [-0.3, -0.25) is 9.78 Å². The zero-order valence-corrected chi connectivity index (χ0v) is 12.1. The van der Waals surface area contributed by atoms with Crippen LogP contribution in [-0.2, 0) is 9.53 Å². The van der Waals surface area contributed by atoms with E-state index in [1.165, 1.54) is 6.92 Å². The molecule has 0 aliphatic heterocycles. The normalized spacial score (nSPS) is 12.2. The minimum atomic E-state index is -0.743. The number of hydrogen-bond donors (Lipinski definition) is 0. The number of pyridine rings is 1. The number of esters is 1. The van der Waals surface area contributed by atoms with Crippen molar-refractivity contribution < 1.29 is 14.3 Å². The molecule has 4 nitrogen and oxygen atoms in total. The molecule has 1 aromatic heterocycles. The Balaban J connectivity index is 2.49. The van der Waals surface area contributed by atoms with Crippen LogP contribution in [0.5, 0.6) is 0 Å². The third-order valence-corrected chi connectivity index (χ3v) is 3.39. The average molecular weight is 271 g/mol. The van der Waals surface area contributed by atoms with Gasteiger partial charge >= 0.3 is 5.97 Å². The molecule has 4 heteroatoms. The highest BCUT2D eigenvalue weighted by molar-refractivity contribution is 5.99. The summed E-state index contributed by atoms with van der Waals surface area (Å²) in [5, 5.41) is 0.917. The van der Waals surface area contributed by atoms with E-state index in [2.05, 4.69) is 4.98 Å². The molecule has 104 valence electrons. The number of para-hydroxylation sites is 1. The fourth-order valence-corrected chi connectivity index (χ4v) is 2.13. The van der Waals surface area contributed by atoms with Crippen LogP contribution in [0.15, 0.2) is 24.3 Å². The molecule has 0 aliphatic rings. The monoisotopic (exact) mass is 271 g/mol. The minimum absolute atomic E-state index is 0.178. The standard InChI is InChI=1S/C16H17NO3/c1-9-13-7-5-6-8-14(13)17-10(2)15(9)16(19)20-12(4)11(3)18/h5-8,12H,1-4H3/t12-/m0/s1. The largest absolute Gasteiger partial charge is 0.451 e. The number of ketones is 1. The molecule has 1 atom stereocenters. The number of Topliss-reactive ketones (excluding diaryl/α,β-unsaturated/α-hetero) is 1. The molecule has 0 N–H and O–H groups in total. The quantitative estimate of drug-likeness (QED) is 0.805. The van der Waals surface area contributed by atoms with Crippen molar-refractivity contribution in [3.8, 4) is 0 Å². The molecule has 0 fully saturated rings. The number of nitrogens with zero attached hydrogens (tertiary/aromatic N) is 1. The Morgan fingerprint density at radius 1 is 1.20 bits per heavy atom. The van der Waals surface area contributed by atoms with E-state index >= 15 is 0 Å². The van der Waals surface area contributed by atoms with Crippen molar-refractivity contribution in [3.63, 3.8) is 0 Å². The lowest BCUT2D eigenvalue weighted by atomic mass is 10.0. The maximum atomic E-state index is 12.2. The molecule has 1 aromatic carbocycles. The van der Waals surface area contributed by atoms with E-state index in [1.807, 2.05) is 31.2 Å². The SMILES string of the molecule is CC(=O)[C@H](C)OC(=O)c1c(C)nc2ccccc2c1C. The van der Waals surface area contributed by atoms with E-state index in [0.717, 1.165) is 16.5 Å². The van der Waals surface area contributed by atoms with Gasteiger partial charge in [0.1, 0.15) is 0 Å². The number of benzene rings is 1. The second-order valence-electron chi connectivity index (χ2n) is 4.87. The molecule has 1 heterocycles. The number of rotatable bonds is 3. The first-order chi connectivity index (χ1) is 9.41. The Labute approximate surface area is 117 Å². The van der Waals surface area contributed by atoms with Crippen LogP contribution in [0, 0.1) is 13.8 Å². The van der Waals surface area contributed by atoms with Crippen molar-refractivity contribution in [3.05, 3.63) is 41.1 Å². The Morgan fingerprint density at radius 3 is 2.50 bits per heavy atom. The summed E-state index contributed by atoms with van der Waals surface area (Å²) in [5.41, 5.74) is 2.73. The minimum Gasteiger partial charge on any atom is -0.451 e. The van der Waals surface area contributed by atoms with Gasteiger partial charge in [-0.15, -0.1) is 0 Å². The molecule has 0 aliphatic carbocycles. The highest BCUT2D eigenvalue weighted by atomic mass is 16.5. The summed E-state index contributed by atoms with van der Waals surface area (Å²) in [6.45, 7) is 6.61. The van der Waals surface area contributed by atoms with Gasteiger partial charge in [0.25, 0.3) is 0 Å². The van der Waals surface area contributed by atoms with E-state index in [9.17, 15) is 9.59 Å². The van der Waals surface area contributed by atoms with Gasteiger partial charge in [0.05, 0.1) is 16.8 Å². The van der Waals surface area contributed by atoms with Gasteiger partial charge in [-0.05, 0) is 39.3 Å². The topological polar surface area (TPSA) is 56.3 Å². The fourth-order valence-electron chi connectivity index (χ4n) is 2.13. The molecule has 2 rings (SSSR count). The highest BCUT2D eigenvalue weighted by Gasteiger charge is 2.21. The Hall–Kier alpha value is -2.23. The van der Waals surface area contributed by atoms with Crippen molar-refractivity contribution in [2.24, 2.45) is 0 Å². The molecule has 0 amide bonds. The van der Waals surface area contributed by atoms with Crippen LogP contribution in [0.25, 0.3) is 10.9 Å². The van der Waals surface area contributed by atoms with E-state index in [1.54, 1.807) is 13.8 Å². The molecule has 20 heavy (non-hydrogen) atoms. The van der Waals surface area contributed by atoms with Gasteiger partial charge in [0.15, 0.2) is 11.9 Å². The maximum absolute atomic E-state index is 12.2. The third-order valence-electron chi connectivity index (χ3n) is 3.39. The zero-order chi connectivity index (χ0) is 14.9. The summed E-state index contributed by atoms with van der Waals surface area (Å²) in [5.74, 6) is -0.677. The smallest absolute Gasteiger partial charge is 0.340 e. The second kappa shape index (κ2) is 5.41. The van der Waals surface area contributed by atoms with Gasteiger partial charge in [-0.2, -0.15) is 0 Å². The maximum Gasteiger partial charge on any atom is 0.340 e. The molecule has 0 unspecified atom stereocenters. The summed E-state index contributed by atoms with van der Waals surface area (Å²) in [7, 11) is 0. The molecule has 0 spiro atoms. The summed E-state index contributed by atoms with van der Waals surface area (Å²) in [6, 6.07) is 7.63. The van der Waals surface area contributed by atoms with Crippen LogP contribution in [0.2, 0.25) is 0 Å². The van der Waals surface area contributed by atoms with E-state index < -0.39 is 12.1 Å². The lowest BCUT2D eigenvalue weighted by Gasteiger charge is -2.14. The second-order valence-corrected chi connectivity index (χ2v) is 4.87. The van der Waals surface area contributed by atoms with Crippen molar-refractivity contribution in [1.29, 1.82) is 0 Å². The summed E-state index contributed by atoms with van der Waals surface area (Å²) >= 11 is 0. The first-order valence-electron chi connectivity index (χ1n) is 6.49. The van der Waals surface area contributed by atoms with Crippen LogP contribution < -0.4 is 0 Å². The van der Waals surface area contributed by atoms with Crippen molar-refractivity contribution >= 4 is 22.7 Å². The lowest BCUT2D eigenvalue weighted by Crippen LogP contribution is -2.23. The third kappa shape index (κ3) is 2.54. The zero-order valence-electron chi connectivity index (χ0n) is 12.1. The molecule has 2 aromatic rings. The van der Waals surface area contributed by atoms with Gasteiger partial charge in [0.2, 0.25) is 0 Å². The number of aromatic nitrogens is 1. The predicted molar refractivity (Wildman–Crippen MR) is 76.8 cm³/mol. The molecular weight excluding hydrogens is 254 g/mol. The van der Waals surface area contributed by atoms with E-state index in [-0.39, 0.29) is 5.78 Å². The van der Waals surface area contributed by atoms with Crippen LogP contribution in [-0.4, -0.2) is 22.8 Å². The number of fused-ring (bicyclic) bond motifs is 1. The highest BCUT2D eigenvalue weighted by Crippen LogP contribution is 2.23. The molecular formula is C16H17NO3. The van der Waals surface area contributed by atoms with E-state index in [0.29, 0.717) is 11.3 Å². The lowest BCUT2D eigenvalue weighted by molar-refractivity contribution is -0.124. The molecule has 0 bridgehead atoms.